The van der Waals surface area contributed by atoms with Crippen molar-refractivity contribution >= 4 is 35.0 Å². The predicted octanol–water partition coefficient (Wildman–Crippen LogP) is 3.98. The van der Waals surface area contributed by atoms with Gasteiger partial charge >= 0.3 is 0 Å². The molecule has 1 saturated heterocycles. The van der Waals surface area contributed by atoms with E-state index in [1.807, 2.05) is 31.2 Å². The number of nitrogens with zero attached hydrogens (tertiary/aromatic N) is 2. The van der Waals surface area contributed by atoms with Crippen molar-refractivity contribution in [2.75, 3.05) is 29.9 Å². The zero-order valence-electron chi connectivity index (χ0n) is 20.8. The molecule has 36 heavy (non-hydrogen) atoms. The van der Waals surface area contributed by atoms with Crippen LogP contribution in [0.15, 0.2) is 48.5 Å². The van der Waals surface area contributed by atoms with Crippen LogP contribution in [0.4, 0.5) is 11.4 Å². The molecule has 0 spiro atoms. The number of amides is 4. The van der Waals surface area contributed by atoms with Crippen LogP contribution < -0.4 is 15.5 Å². The highest BCUT2D eigenvalue weighted by molar-refractivity contribution is 6.21. The lowest BCUT2D eigenvalue weighted by Gasteiger charge is -2.21. The van der Waals surface area contributed by atoms with Crippen molar-refractivity contribution in [1.82, 2.24) is 10.2 Å². The van der Waals surface area contributed by atoms with E-state index in [9.17, 15) is 19.2 Å². The first kappa shape index (κ1) is 25.4. The molecule has 2 N–H and O–H groups in total. The number of fused-ring (bicyclic) bond motifs is 1. The molecule has 190 valence electrons. The Morgan fingerprint density at radius 2 is 1.64 bits per heavy atom. The molecular formula is C28H34N4O4. The fourth-order valence-corrected chi connectivity index (χ4v) is 4.77. The van der Waals surface area contributed by atoms with E-state index >= 15 is 0 Å². The maximum absolute atomic E-state index is 13.0. The Bertz CT molecular complexity index is 1090. The minimum Gasteiger partial charge on any atom is -0.371 e. The molecule has 0 saturated carbocycles. The number of unbranched alkanes of at least 4 members (excludes halogenated alkanes) is 1. The van der Waals surface area contributed by atoms with E-state index in [4.69, 9.17) is 0 Å². The quantitative estimate of drug-likeness (QED) is 0.465. The normalized spacial score (nSPS) is 15.7. The number of hydrogen-bond acceptors (Lipinski definition) is 5. The Morgan fingerprint density at radius 1 is 0.944 bits per heavy atom. The average Bonchev–Trinajstić information content (AvgIpc) is 3.51. The minimum atomic E-state index is -0.646. The van der Waals surface area contributed by atoms with Crippen LogP contribution in [0, 0.1) is 0 Å². The maximum Gasteiger partial charge on any atom is 0.261 e. The van der Waals surface area contributed by atoms with Gasteiger partial charge in [0.2, 0.25) is 11.8 Å². The van der Waals surface area contributed by atoms with Crippen LogP contribution in [0.3, 0.4) is 0 Å². The summed E-state index contributed by atoms with van der Waals surface area (Å²) in [5.74, 6) is -1.16. The van der Waals surface area contributed by atoms with Gasteiger partial charge in [-0.2, -0.15) is 0 Å². The number of carbonyl (C=O) groups excluding carboxylic acids is 4. The second-order valence-corrected chi connectivity index (χ2v) is 9.41. The van der Waals surface area contributed by atoms with Gasteiger partial charge in [0.15, 0.2) is 0 Å². The molecule has 2 aromatic carbocycles. The number of rotatable bonds is 11. The molecule has 0 bridgehead atoms. The first-order chi connectivity index (χ1) is 17.5. The first-order valence-electron chi connectivity index (χ1n) is 12.9. The van der Waals surface area contributed by atoms with E-state index in [2.05, 4.69) is 15.5 Å². The molecule has 2 aliphatic heterocycles. The monoisotopic (exact) mass is 490 g/mol. The molecule has 0 aromatic heterocycles. The zero-order chi connectivity index (χ0) is 25.5. The van der Waals surface area contributed by atoms with Crippen molar-refractivity contribution < 1.29 is 19.2 Å². The summed E-state index contributed by atoms with van der Waals surface area (Å²) in [6.45, 7) is 4.24. The first-order valence-corrected chi connectivity index (χ1v) is 12.9. The number of anilines is 2. The number of nitrogens with one attached hydrogen (secondary N) is 2. The molecule has 4 rings (SSSR count). The van der Waals surface area contributed by atoms with Gasteiger partial charge in [-0.15, -0.1) is 0 Å². The molecular weight excluding hydrogens is 456 g/mol. The summed E-state index contributed by atoms with van der Waals surface area (Å²) in [6.07, 6.45) is 5.05. The van der Waals surface area contributed by atoms with Crippen LogP contribution in [-0.2, 0) is 9.59 Å². The van der Waals surface area contributed by atoms with Crippen molar-refractivity contribution in [2.45, 2.75) is 57.9 Å². The van der Waals surface area contributed by atoms with Crippen molar-refractivity contribution in [2.24, 2.45) is 0 Å². The van der Waals surface area contributed by atoms with Gasteiger partial charge in [-0.3, -0.25) is 24.1 Å². The molecule has 1 fully saturated rings. The molecule has 1 atom stereocenters. The van der Waals surface area contributed by atoms with E-state index in [1.165, 1.54) is 17.7 Å². The van der Waals surface area contributed by atoms with Gasteiger partial charge in [0.05, 0.1) is 11.1 Å². The topological polar surface area (TPSA) is 98.8 Å². The van der Waals surface area contributed by atoms with Crippen LogP contribution in [0.25, 0.3) is 0 Å². The van der Waals surface area contributed by atoms with E-state index in [1.54, 1.807) is 24.3 Å². The highest BCUT2D eigenvalue weighted by Gasteiger charge is 2.34. The third-order valence-corrected chi connectivity index (χ3v) is 6.75. The Labute approximate surface area is 212 Å². The highest BCUT2D eigenvalue weighted by Crippen LogP contribution is 2.24. The zero-order valence-corrected chi connectivity index (χ0v) is 20.8. The number of imide groups is 1. The smallest absolute Gasteiger partial charge is 0.261 e. The van der Waals surface area contributed by atoms with Gasteiger partial charge in [0.25, 0.3) is 11.8 Å². The van der Waals surface area contributed by atoms with Crippen molar-refractivity contribution in [3.8, 4) is 0 Å². The molecule has 8 heteroatoms. The summed E-state index contributed by atoms with van der Waals surface area (Å²) in [5.41, 5.74) is 2.60. The minimum absolute atomic E-state index is 0.119. The lowest BCUT2D eigenvalue weighted by molar-refractivity contribution is -0.126. The highest BCUT2D eigenvalue weighted by atomic mass is 16.2. The molecule has 4 amide bonds. The lowest BCUT2D eigenvalue weighted by Crippen LogP contribution is -2.44. The summed E-state index contributed by atoms with van der Waals surface area (Å²) in [4.78, 5) is 54.2. The van der Waals surface area contributed by atoms with Crippen molar-refractivity contribution in [3.63, 3.8) is 0 Å². The predicted molar refractivity (Wildman–Crippen MR) is 139 cm³/mol. The molecule has 2 aliphatic rings. The summed E-state index contributed by atoms with van der Waals surface area (Å²) < 4.78 is 0. The fourth-order valence-electron chi connectivity index (χ4n) is 4.77. The third-order valence-electron chi connectivity index (χ3n) is 6.75. The maximum atomic E-state index is 13.0. The van der Waals surface area contributed by atoms with Crippen LogP contribution >= 0.6 is 0 Å². The van der Waals surface area contributed by atoms with E-state index < -0.39 is 6.04 Å². The van der Waals surface area contributed by atoms with Crippen LogP contribution in [-0.4, -0.2) is 54.2 Å². The van der Waals surface area contributed by atoms with Gasteiger partial charge < -0.3 is 15.5 Å². The Kier molecular flexibility index (Phi) is 8.36. The number of benzene rings is 2. The molecule has 0 radical (unpaired) electrons. The fraction of sp³-hybridized carbons (Fsp3) is 0.429. The Morgan fingerprint density at radius 3 is 2.31 bits per heavy atom. The van der Waals surface area contributed by atoms with Crippen LogP contribution in [0.1, 0.15) is 72.6 Å². The largest absolute Gasteiger partial charge is 0.371 e. The third kappa shape index (κ3) is 5.93. The molecule has 0 aliphatic carbocycles. The lowest BCUT2D eigenvalue weighted by atomic mass is 10.1. The average molecular weight is 491 g/mol. The van der Waals surface area contributed by atoms with Crippen molar-refractivity contribution in [3.05, 3.63) is 59.7 Å². The van der Waals surface area contributed by atoms with Gasteiger partial charge in [-0.05, 0) is 56.0 Å². The second-order valence-electron chi connectivity index (χ2n) is 9.41. The van der Waals surface area contributed by atoms with Crippen molar-refractivity contribution in [1.29, 1.82) is 0 Å². The summed E-state index contributed by atoms with van der Waals surface area (Å²) in [7, 11) is 0. The van der Waals surface area contributed by atoms with E-state index in [0.717, 1.165) is 31.6 Å². The molecule has 2 aromatic rings. The molecule has 8 nitrogen and oxygen atoms in total. The van der Waals surface area contributed by atoms with Gasteiger partial charge in [0, 0.05) is 37.4 Å². The molecule has 1 unspecified atom stereocenters. The van der Waals surface area contributed by atoms with Gasteiger partial charge in [-0.1, -0.05) is 38.0 Å². The second kappa shape index (κ2) is 11.8. The standard InChI is InChI=1S/C28H34N4O4/c1-2-3-14-24(26(34)29-20-10-8-11-21(19-20)31-16-6-7-17-31)30-25(33)15-9-18-32-27(35)22-12-4-5-13-23(22)28(32)36/h4-5,8,10-13,19,24H,2-3,6-7,9,14-18H2,1H3,(H,29,34)(H,30,33). The van der Waals surface area contributed by atoms with E-state index in [0.29, 0.717) is 29.7 Å². The Hall–Kier alpha value is -3.68. The van der Waals surface area contributed by atoms with Crippen LogP contribution in [0.2, 0.25) is 0 Å². The van der Waals surface area contributed by atoms with Gasteiger partial charge in [-0.25, -0.2) is 0 Å². The number of hydrogen-bond donors (Lipinski definition) is 2. The Balaban J connectivity index is 1.30. The summed E-state index contributed by atoms with van der Waals surface area (Å²) in [5, 5.41) is 5.82. The summed E-state index contributed by atoms with van der Waals surface area (Å²) in [6, 6.07) is 13.9. The summed E-state index contributed by atoms with van der Waals surface area (Å²) >= 11 is 0. The van der Waals surface area contributed by atoms with Crippen LogP contribution in [0.5, 0.6) is 0 Å². The van der Waals surface area contributed by atoms with Gasteiger partial charge in [0.1, 0.15) is 6.04 Å². The number of carbonyl (C=O) groups is 4. The van der Waals surface area contributed by atoms with E-state index in [-0.39, 0.29) is 36.6 Å². The molecule has 2 heterocycles. The SMILES string of the molecule is CCCCC(NC(=O)CCCN1C(=O)c2ccccc2C1=O)C(=O)Nc1cccc(N2CCCC2)c1.